The molecule has 2 unspecified atom stereocenters. The van der Waals surface area contributed by atoms with E-state index in [1.807, 2.05) is 19.1 Å². The van der Waals surface area contributed by atoms with Gasteiger partial charge in [0.25, 0.3) is 0 Å². The number of fused-ring (bicyclic) bond motifs is 1. The van der Waals surface area contributed by atoms with E-state index in [1.54, 1.807) is 19.3 Å². The van der Waals surface area contributed by atoms with Gasteiger partial charge in [-0.1, -0.05) is 18.2 Å². The van der Waals surface area contributed by atoms with E-state index in [0.29, 0.717) is 12.2 Å². The van der Waals surface area contributed by atoms with Crippen molar-refractivity contribution in [3.05, 3.63) is 53.6 Å². The third kappa shape index (κ3) is 3.70. The van der Waals surface area contributed by atoms with Crippen LogP contribution in [0.5, 0.6) is 0 Å². The van der Waals surface area contributed by atoms with Crippen molar-refractivity contribution in [3.63, 3.8) is 0 Å². The summed E-state index contributed by atoms with van der Waals surface area (Å²) >= 11 is 0. The topological polar surface area (TPSA) is 68.0 Å². The lowest BCUT2D eigenvalue weighted by Crippen LogP contribution is -2.51. The second kappa shape index (κ2) is 8.26. The fourth-order valence-corrected chi connectivity index (χ4v) is 4.21. The van der Waals surface area contributed by atoms with Crippen molar-refractivity contribution < 1.29 is 23.5 Å². The Kier molecular flexibility index (Phi) is 5.72. The molecule has 1 saturated heterocycles. The minimum atomic E-state index is -1.15. The second-order valence-electron chi connectivity index (χ2n) is 7.60. The smallest absolute Gasteiger partial charge is 0.220 e. The van der Waals surface area contributed by atoms with Gasteiger partial charge in [-0.25, -0.2) is 4.39 Å². The van der Waals surface area contributed by atoms with Crippen LogP contribution in [0, 0.1) is 5.82 Å². The van der Waals surface area contributed by atoms with Crippen LogP contribution in [0.15, 0.2) is 46.6 Å². The number of aromatic nitrogens is 1. The quantitative estimate of drug-likeness (QED) is 0.743. The Morgan fingerprint density at radius 1 is 1.34 bits per heavy atom. The molecule has 2 aliphatic rings. The van der Waals surface area contributed by atoms with E-state index in [-0.39, 0.29) is 11.7 Å². The Balaban J connectivity index is 1.46. The third-order valence-corrected chi connectivity index (χ3v) is 5.82. The molecule has 29 heavy (non-hydrogen) atoms. The van der Waals surface area contributed by atoms with Crippen molar-refractivity contribution >= 4 is 11.0 Å². The number of hydrogen-bond donors (Lipinski definition) is 1. The predicted octanol–water partition coefficient (Wildman–Crippen LogP) is 3.73. The van der Waals surface area contributed by atoms with E-state index in [1.165, 1.54) is 12.1 Å². The summed E-state index contributed by atoms with van der Waals surface area (Å²) in [5, 5.41) is 16.1. The van der Waals surface area contributed by atoms with Crippen molar-refractivity contribution in [2.24, 2.45) is 0 Å². The van der Waals surface area contributed by atoms with E-state index in [2.05, 4.69) is 10.1 Å². The number of nitrogens with zero attached hydrogens (tertiary/aromatic N) is 2. The number of aliphatic hydroxyl groups excluding tert-OH is 1. The second-order valence-corrected chi connectivity index (χ2v) is 7.60. The molecule has 1 aliphatic carbocycles. The average molecular weight is 402 g/mol. The molecule has 0 spiro atoms. The summed E-state index contributed by atoms with van der Waals surface area (Å²) in [6, 6.07) is 4.55. The summed E-state index contributed by atoms with van der Waals surface area (Å²) in [5.41, 5.74) is 2.17. The summed E-state index contributed by atoms with van der Waals surface area (Å²) in [6.45, 7) is 4.06. The van der Waals surface area contributed by atoms with Crippen LogP contribution in [-0.2, 0) is 9.47 Å². The van der Waals surface area contributed by atoms with Gasteiger partial charge in [0.05, 0.1) is 12.3 Å². The molecule has 2 atom stereocenters. The van der Waals surface area contributed by atoms with Crippen LogP contribution in [0.1, 0.15) is 37.8 Å². The highest BCUT2D eigenvalue weighted by Gasteiger charge is 2.43. The van der Waals surface area contributed by atoms with Crippen molar-refractivity contribution in [3.8, 4) is 0 Å². The number of halogens is 1. The number of allylic oxidation sites excluding steroid dienone is 2. The molecule has 0 radical (unpaired) electrons. The van der Waals surface area contributed by atoms with E-state index in [0.717, 1.165) is 49.1 Å². The normalized spacial score (nSPS) is 25.6. The van der Waals surface area contributed by atoms with Gasteiger partial charge in [-0.15, -0.1) is 0 Å². The Labute approximate surface area is 169 Å². The van der Waals surface area contributed by atoms with Gasteiger partial charge >= 0.3 is 0 Å². The highest BCUT2D eigenvalue weighted by atomic mass is 19.1. The fourth-order valence-electron chi connectivity index (χ4n) is 4.21. The van der Waals surface area contributed by atoms with Crippen molar-refractivity contribution in [2.75, 3.05) is 26.8 Å². The van der Waals surface area contributed by atoms with Crippen molar-refractivity contribution in [2.45, 2.75) is 44.0 Å². The highest BCUT2D eigenvalue weighted by molar-refractivity contribution is 5.79. The summed E-state index contributed by atoms with van der Waals surface area (Å²) in [7, 11) is 1.55. The largest absolute Gasteiger partial charge is 0.381 e. The summed E-state index contributed by atoms with van der Waals surface area (Å²) < 4.78 is 30.2. The lowest BCUT2D eigenvalue weighted by Gasteiger charge is -2.42. The first-order chi connectivity index (χ1) is 14.1. The number of piperidine rings is 1. The molecule has 0 saturated carbocycles. The average Bonchev–Trinajstić information content (AvgIpc) is 3.16. The van der Waals surface area contributed by atoms with Crippen LogP contribution in [0.25, 0.3) is 11.0 Å². The standard InChI is InChI=1S/C22H27FN2O4/c1-3-13-28-22(27-2)10-4-5-18(21(22)26)25-11-8-15(9-12-25)20-17-7-6-16(23)14-19(17)29-24-20/h4-7,10,14-15,21,26H,3,8-9,11-13H2,1-2H3. The molecule has 2 heterocycles. The molecule has 0 amide bonds. The zero-order valence-corrected chi connectivity index (χ0v) is 16.8. The molecular weight excluding hydrogens is 375 g/mol. The van der Waals surface area contributed by atoms with E-state index in [9.17, 15) is 9.50 Å². The van der Waals surface area contributed by atoms with Crippen LogP contribution in [-0.4, -0.2) is 53.9 Å². The lowest BCUT2D eigenvalue weighted by molar-refractivity contribution is -0.235. The number of hydrogen-bond acceptors (Lipinski definition) is 6. The van der Waals surface area contributed by atoms with Crippen molar-refractivity contribution in [1.29, 1.82) is 0 Å². The Morgan fingerprint density at radius 2 is 2.14 bits per heavy atom. The molecule has 1 aromatic carbocycles. The number of ether oxygens (including phenoxy) is 2. The molecule has 6 nitrogen and oxygen atoms in total. The Hall–Kier alpha value is -2.22. The fraction of sp³-hybridized carbons (Fsp3) is 0.500. The Bertz CT molecular complexity index is 917. The van der Waals surface area contributed by atoms with Crippen LogP contribution in [0.3, 0.4) is 0 Å². The van der Waals surface area contributed by atoms with E-state index in [4.69, 9.17) is 14.0 Å². The third-order valence-electron chi connectivity index (χ3n) is 5.82. The zero-order valence-electron chi connectivity index (χ0n) is 16.8. The van der Waals surface area contributed by atoms with Gasteiger partial charge in [0.1, 0.15) is 5.82 Å². The van der Waals surface area contributed by atoms with Gasteiger partial charge in [0.2, 0.25) is 5.79 Å². The number of rotatable bonds is 6. The molecule has 1 aromatic heterocycles. The maximum absolute atomic E-state index is 13.4. The van der Waals surface area contributed by atoms with Crippen LogP contribution >= 0.6 is 0 Å². The molecule has 1 fully saturated rings. The molecule has 1 N–H and O–H groups in total. The van der Waals surface area contributed by atoms with Crippen LogP contribution < -0.4 is 0 Å². The van der Waals surface area contributed by atoms with E-state index < -0.39 is 11.9 Å². The highest BCUT2D eigenvalue weighted by Crippen LogP contribution is 2.36. The first-order valence-corrected chi connectivity index (χ1v) is 10.1. The summed E-state index contributed by atoms with van der Waals surface area (Å²) in [6.07, 6.45) is 7.25. The number of aliphatic hydroxyl groups is 1. The van der Waals surface area contributed by atoms with Gasteiger partial charge in [-0.05, 0) is 43.5 Å². The molecule has 0 bridgehead atoms. The monoisotopic (exact) mass is 402 g/mol. The Morgan fingerprint density at radius 3 is 2.86 bits per heavy atom. The lowest BCUT2D eigenvalue weighted by atomic mass is 9.90. The number of likely N-dealkylation sites (tertiary alicyclic amines) is 1. The SMILES string of the molecule is CCCOC1(OC)C=CC=C(N2CCC(c3noc4cc(F)ccc34)CC2)C1O. The molecule has 2 aromatic rings. The molecule has 4 rings (SSSR count). The van der Waals surface area contributed by atoms with Gasteiger partial charge in [0, 0.05) is 43.3 Å². The molecular formula is C22H27FN2O4. The van der Waals surface area contributed by atoms with Gasteiger partial charge in [-0.3, -0.25) is 0 Å². The van der Waals surface area contributed by atoms with E-state index >= 15 is 0 Å². The van der Waals surface area contributed by atoms with Crippen LogP contribution in [0.2, 0.25) is 0 Å². The first kappa shape index (κ1) is 20.1. The maximum Gasteiger partial charge on any atom is 0.220 e. The maximum atomic E-state index is 13.4. The number of benzene rings is 1. The van der Waals surface area contributed by atoms with Gasteiger partial charge < -0.3 is 24.0 Å². The number of methoxy groups -OCH3 is 1. The van der Waals surface area contributed by atoms with Gasteiger partial charge in [-0.2, -0.15) is 0 Å². The molecule has 7 heteroatoms. The molecule has 1 aliphatic heterocycles. The van der Waals surface area contributed by atoms with Crippen LogP contribution in [0.4, 0.5) is 4.39 Å². The minimum Gasteiger partial charge on any atom is -0.381 e. The summed E-state index contributed by atoms with van der Waals surface area (Å²) in [4.78, 5) is 2.18. The minimum absolute atomic E-state index is 0.235. The molecule has 156 valence electrons. The van der Waals surface area contributed by atoms with Gasteiger partial charge in [0.15, 0.2) is 11.7 Å². The first-order valence-electron chi connectivity index (χ1n) is 10.1. The summed E-state index contributed by atoms with van der Waals surface area (Å²) in [5.74, 6) is -1.24. The van der Waals surface area contributed by atoms with Crippen molar-refractivity contribution in [1.82, 2.24) is 10.1 Å². The zero-order chi connectivity index (χ0) is 20.4. The predicted molar refractivity (Wildman–Crippen MR) is 107 cm³/mol.